The number of methoxy groups -OCH3 is 1. The molecular formula is C20H19ClN4O5S. The summed E-state index contributed by atoms with van der Waals surface area (Å²) in [5.41, 5.74) is 0.325. The van der Waals surface area contributed by atoms with Gasteiger partial charge in [-0.05, 0) is 30.7 Å². The monoisotopic (exact) mass is 462 g/mol. The summed E-state index contributed by atoms with van der Waals surface area (Å²) in [4.78, 5) is 40.2. The molecule has 9 nitrogen and oxygen atoms in total. The SMILES string of the molecule is COCCCn1c(SCC(=O)Nc2ccc(Cl)c([N+](=O)[O-])c2)nc2ccccc2c1=O. The van der Waals surface area contributed by atoms with Crippen LogP contribution in [0.15, 0.2) is 52.4 Å². The number of para-hydroxylation sites is 1. The Kier molecular flexibility index (Phi) is 7.61. The highest BCUT2D eigenvalue weighted by atomic mass is 35.5. The molecule has 1 heterocycles. The Morgan fingerprint density at radius 3 is 2.84 bits per heavy atom. The molecule has 0 bridgehead atoms. The van der Waals surface area contributed by atoms with Gasteiger partial charge in [-0.15, -0.1) is 0 Å². The van der Waals surface area contributed by atoms with Crippen molar-refractivity contribution in [1.29, 1.82) is 0 Å². The second-order valence-corrected chi connectivity index (χ2v) is 7.82. The number of nitro benzene ring substituents is 1. The molecule has 0 saturated heterocycles. The van der Waals surface area contributed by atoms with Crippen LogP contribution in [0, 0.1) is 10.1 Å². The largest absolute Gasteiger partial charge is 0.385 e. The number of amides is 1. The second kappa shape index (κ2) is 10.4. The molecule has 1 aromatic heterocycles. The van der Waals surface area contributed by atoms with Crippen LogP contribution >= 0.6 is 23.4 Å². The van der Waals surface area contributed by atoms with Crippen LogP contribution in [0.4, 0.5) is 11.4 Å². The van der Waals surface area contributed by atoms with Gasteiger partial charge in [-0.1, -0.05) is 35.5 Å². The number of benzene rings is 2. The highest BCUT2D eigenvalue weighted by molar-refractivity contribution is 7.99. The van der Waals surface area contributed by atoms with E-state index in [4.69, 9.17) is 16.3 Å². The van der Waals surface area contributed by atoms with Crippen molar-refractivity contribution >= 4 is 51.5 Å². The van der Waals surface area contributed by atoms with Crippen LogP contribution in [-0.2, 0) is 16.1 Å². The lowest BCUT2D eigenvalue weighted by Gasteiger charge is -2.13. The number of aromatic nitrogens is 2. The summed E-state index contributed by atoms with van der Waals surface area (Å²) in [6, 6.07) is 11.0. The second-order valence-electron chi connectivity index (χ2n) is 6.47. The fourth-order valence-electron chi connectivity index (χ4n) is 2.88. The van der Waals surface area contributed by atoms with E-state index in [1.165, 1.54) is 22.8 Å². The van der Waals surface area contributed by atoms with E-state index >= 15 is 0 Å². The lowest BCUT2D eigenvalue weighted by Crippen LogP contribution is -2.25. The summed E-state index contributed by atoms with van der Waals surface area (Å²) in [5, 5.41) is 14.5. The van der Waals surface area contributed by atoms with Crippen molar-refractivity contribution in [3.05, 3.63) is 68.0 Å². The van der Waals surface area contributed by atoms with E-state index in [1.54, 1.807) is 31.4 Å². The van der Waals surface area contributed by atoms with E-state index in [2.05, 4.69) is 10.3 Å². The predicted octanol–water partition coefficient (Wildman–Crippen LogP) is 3.73. The third kappa shape index (κ3) is 5.60. The minimum Gasteiger partial charge on any atom is -0.385 e. The van der Waals surface area contributed by atoms with Crippen molar-refractivity contribution in [2.75, 3.05) is 24.8 Å². The van der Waals surface area contributed by atoms with Crippen molar-refractivity contribution in [2.45, 2.75) is 18.1 Å². The lowest BCUT2D eigenvalue weighted by molar-refractivity contribution is -0.384. The molecule has 3 rings (SSSR count). The molecule has 0 saturated carbocycles. The first-order chi connectivity index (χ1) is 14.9. The number of carbonyl (C=O) groups is 1. The molecule has 2 aromatic carbocycles. The van der Waals surface area contributed by atoms with Crippen molar-refractivity contribution in [3.63, 3.8) is 0 Å². The Bertz CT molecular complexity index is 1180. The van der Waals surface area contributed by atoms with Gasteiger partial charge >= 0.3 is 0 Å². The van der Waals surface area contributed by atoms with E-state index in [-0.39, 0.29) is 27.7 Å². The number of hydrogen-bond acceptors (Lipinski definition) is 7. The molecule has 0 atom stereocenters. The first-order valence-electron chi connectivity index (χ1n) is 9.26. The van der Waals surface area contributed by atoms with Gasteiger partial charge in [0.15, 0.2) is 5.16 Å². The van der Waals surface area contributed by atoms with E-state index < -0.39 is 10.8 Å². The number of nitrogens with zero attached hydrogens (tertiary/aromatic N) is 3. The molecule has 162 valence electrons. The van der Waals surface area contributed by atoms with Gasteiger partial charge < -0.3 is 10.1 Å². The zero-order valence-corrected chi connectivity index (χ0v) is 18.1. The highest BCUT2D eigenvalue weighted by Crippen LogP contribution is 2.27. The van der Waals surface area contributed by atoms with Gasteiger partial charge in [0, 0.05) is 32.0 Å². The number of halogens is 1. The number of hydrogen-bond donors (Lipinski definition) is 1. The predicted molar refractivity (Wildman–Crippen MR) is 120 cm³/mol. The van der Waals surface area contributed by atoms with E-state index in [0.717, 1.165) is 11.8 Å². The molecule has 0 aliphatic heterocycles. The minimum absolute atomic E-state index is 0.0159. The van der Waals surface area contributed by atoms with Crippen LogP contribution in [0.2, 0.25) is 5.02 Å². The molecule has 3 aromatic rings. The average Bonchev–Trinajstić information content (AvgIpc) is 2.75. The molecular weight excluding hydrogens is 444 g/mol. The van der Waals surface area contributed by atoms with Gasteiger partial charge in [0.1, 0.15) is 5.02 Å². The van der Waals surface area contributed by atoms with Crippen LogP contribution < -0.4 is 10.9 Å². The molecule has 0 aliphatic rings. The first kappa shape index (κ1) is 22.7. The Labute approximate surface area is 186 Å². The lowest BCUT2D eigenvalue weighted by atomic mass is 10.2. The summed E-state index contributed by atoms with van der Waals surface area (Å²) < 4.78 is 6.60. The Morgan fingerprint density at radius 1 is 1.32 bits per heavy atom. The summed E-state index contributed by atoms with van der Waals surface area (Å²) in [7, 11) is 1.59. The van der Waals surface area contributed by atoms with E-state index in [0.29, 0.717) is 35.6 Å². The number of carbonyl (C=O) groups excluding carboxylic acids is 1. The quantitative estimate of drug-likeness (QED) is 0.169. The Morgan fingerprint density at radius 2 is 2.10 bits per heavy atom. The molecule has 0 aliphatic carbocycles. The molecule has 1 amide bonds. The number of nitrogens with one attached hydrogen (secondary N) is 1. The van der Waals surface area contributed by atoms with Gasteiger partial charge in [0.2, 0.25) is 5.91 Å². The maximum absolute atomic E-state index is 12.9. The van der Waals surface area contributed by atoms with Crippen molar-refractivity contribution < 1.29 is 14.5 Å². The number of ether oxygens (including phenoxy) is 1. The molecule has 0 unspecified atom stereocenters. The fraction of sp³-hybridized carbons (Fsp3) is 0.250. The fourth-order valence-corrected chi connectivity index (χ4v) is 3.89. The topological polar surface area (TPSA) is 116 Å². The molecule has 0 spiro atoms. The zero-order chi connectivity index (χ0) is 22.4. The summed E-state index contributed by atoms with van der Waals surface area (Å²) >= 11 is 6.91. The normalized spacial score (nSPS) is 10.9. The number of anilines is 1. The van der Waals surface area contributed by atoms with Crippen LogP contribution in [-0.4, -0.2) is 39.9 Å². The molecule has 0 fully saturated rings. The number of thioether (sulfide) groups is 1. The standard InChI is InChI=1S/C20H19ClN4O5S/c1-30-10-4-9-24-19(27)14-5-2-3-6-16(14)23-20(24)31-12-18(26)22-13-7-8-15(21)17(11-13)25(28)29/h2-3,5-8,11H,4,9-10,12H2,1H3,(H,22,26). The van der Waals surface area contributed by atoms with Gasteiger partial charge in [-0.2, -0.15) is 0 Å². The summed E-state index contributed by atoms with van der Waals surface area (Å²) in [5.74, 6) is -0.432. The van der Waals surface area contributed by atoms with Gasteiger partial charge in [-0.3, -0.25) is 24.3 Å². The highest BCUT2D eigenvalue weighted by Gasteiger charge is 2.16. The van der Waals surface area contributed by atoms with Crippen molar-refractivity contribution in [3.8, 4) is 0 Å². The van der Waals surface area contributed by atoms with Crippen LogP contribution in [0.5, 0.6) is 0 Å². The Hall–Kier alpha value is -2.95. The molecule has 0 radical (unpaired) electrons. The maximum Gasteiger partial charge on any atom is 0.289 e. The van der Waals surface area contributed by atoms with E-state index in [9.17, 15) is 19.7 Å². The van der Waals surface area contributed by atoms with Crippen molar-refractivity contribution in [1.82, 2.24) is 9.55 Å². The average molecular weight is 463 g/mol. The van der Waals surface area contributed by atoms with E-state index in [1.807, 2.05) is 0 Å². The third-order valence-corrected chi connectivity index (χ3v) is 5.61. The third-order valence-electron chi connectivity index (χ3n) is 4.32. The molecule has 11 heteroatoms. The van der Waals surface area contributed by atoms with Gasteiger partial charge in [0.25, 0.3) is 11.2 Å². The van der Waals surface area contributed by atoms with Crippen LogP contribution in [0.25, 0.3) is 10.9 Å². The van der Waals surface area contributed by atoms with Crippen LogP contribution in [0.1, 0.15) is 6.42 Å². The Balaban J connectivity index is 1.78. The first-order valence-corrected chi connectivity index (χ1v) is 10.6. The summed E-state index contributed by atoms with van der Waals surface area (Å²) in [6.45, 7) is 0.886. The zero-order valence-electron chi connectivity index (χ0n) is 16.5. The summed E-state index contributed by atoms with van der Waals surface area (Å²) in [6.07, 6.45) is 0.616. The smallest absolute Gasteiger partial charge is 0.289 e. The molecule has 1 N–H and O–H groups in total. The minimum atomic E-state index is -0.621. The number of nitro groups is 1. The van der Waals surface area contributed by atoms with Crippen molar-refractivity contribution in [2.24, 2.45) is 0 Å². The van der Waals surface area contributed by atoms with Gasteiger partial charge in [0.05, 0.1) is 21.6 Å². The number of rotatable bonds is 9. The van der Waals surface area contributed by atoms with Crippen LogP contribution in [0.3, 0.4) is 0 Å². The number of fused-ring (bicyclic) bond motifs is 1. The molecule has 31 heavy (non-hydrogen) atoms. The van der Waals surface area contributed by atoms with Gasteiger partial charge in [-0.25, -0.2) is 4.98 Å². The maximum atomic E-state index is 12.9.